The molecule has 0 radical (unpaired) electrons. The van der Waals surface area contributed by atoms with E-state index in [1.807, 2.05) is 55.4 Å². The Balaban J connectivity index is 1.53. The molecule has 1 N–H and O–H groups in total. The van der Waals surface area contributed by atoms with Gasteiger partial charge in [0.05, 0.1) is 5.52 Å². The summed E-state index contributed by atoms with van der Waals surface area (Å²) < 4.78 is 14.3. The molecule has 4 rings (SSSR count). The van der Waals surface area contributed by atoms with Gasteiger partial charge in [-0.25, -0.2) is 9.37 Å². The van der Waals surface area contributed by atoms with Gasteiger partial charge < -0.3 is 10.1 Å². The zero-order chi connectivity index (χ0) is 20.5. The summed E-state index contributed by atoms with van der Waals surface area (Å²) in [5.74, 6) is -0.0811. The maximum atomic E-state index is 13.4. The van der Waals surface area contributed by atoms with Crippen molar-refractivity contribution in [1.29, 1.82) is 0 Å². The Kier molecular flexibility index (Phi) is 4.76. The van der Waals surface area contributed by atoms with Crippen LogP contribution in [-0.2, 0) is 6.42 Å². The maximum Gasteiger partial charge on any atom is 0.176 e. The van der Waals surface area contributed by atoms with Crippen molar-refractivity contribution < 1.29 is 14.4 Å². The molecule has 4 aromatic rings. The van der Waals surface area contributed by atoms with Crippen LogP contribution >= 0.6 is 0 Å². The van der Waals surface area contributed by atoms with Gasteiger partial charge in [-0.15, -0.1) is 0 Å². The molecule has 0 bridgehead atoms. The lowest BCUT2D eigenvalue weighted by Crippen LogP contribution is -2.09. The van der Waals surface area contributed by atoms with Crippen molar-refractivity contribution in [3.05, 3.63) is 83.7 Å². The van der Waals surface area contributed by atoms with E-state index in [1.165, 1.54) is 18.2 Å². The van der Waals surface area contributed by atoms with E-state index in [9.17, 15) is 14.4 Å². The van der Waals surface area contributed by atoms with Gasteiger partial charge in [-0.05, 0) is 42.0 Å². The third kappa shape index (κ3) is 3.69. The van der Waals surface area contributed by atoms with Crippen LogP contribution in [0.15, 0.2) is 66.7 Å². The number of hydrogen-bond acceptors (Lipinski definition) is 4. The van der Waals surface area contributed by atoms with Crippen molar-refractivity contribution in [2.24, 2.45) is 0 Å². The van der Waals surface area contributed by atoms with Crippen molar-refractivity contribution in [2.75, 3.05) is 19.0 Å². The summed E-state index contributed by atoms with van der Waals surface area (Å²) in [4.78, 5) is 18.9. The highest BCUT2D eigenvalue weighted by molar-refractivity contribution is 5.97. The minimum atomic E-state index is -0.438. The van der Waals surface area contributed by atoms with Crippen LogP contribution < -0.4 is 4.90 Å². The number of benzene rings is 3. The van der Waals surface area contributed by atoms with Gasteiger partial charge in [0.15, 0.2) is 11.6 Å². The number of rotatable bonds is 5. The van der Waals surface area contributed by atoms with E-state index in [2.05, 4.69) is 4.98 Å². The van der Waals surface area contributed by atoms with E-state index >= 15 is 0 Å². The van der Waals surface area contributed by atoms with Crippen LogP contribution in [-0.4, -0.2) is 34.8 Å². The quantitative estimate of drug-likeness (QED) is 0.401. The van der Waals surface area contributed by atoms with E-state index in [1.54, 1.807) is 12.1 Å². The monoisotopic (exact) mass is 389 g/mol. The Hall–Kier alpha value is -3.67. The minimum absolute atomic E-state index is 0.0351. The molecule has 0 unspecified atom stereocenters. The van der Waals surface area contributed by atoms with Gasteiger partial charge in [-0.1, -0.05) is 24.3 Å². The number of fused-ring (bicyclic) bond motifs is 1. The predicted octanol–water partition coefficient (Wildman–Crippen LogP) is 4.57. The number of nitrogens with zero attached hydrogens (tertiary/aromatic N) is 3. The van der Waals surface area contributed by atoms with Gasteiger partial charge in [-0.2, -0.15) is 4.73 Å². The molecule has 146 valence electrons. The molecule has 0 aliphatic rings. The second-order valence-corrected chi connectivity index (χ2v) is 7.12. The van der Waals surface area contributed by atoms with Crippen LogP contribution in [0.2, 0.25) is 0 Å². The Labute approximate surface area is 167 Å². The largest absolute Gasteiger partial charge is 0.426 e. The maximum absolute atomic E-state index is 13.4. The molecule has 29 heavy (non-hydrogen) atoms. The summed E-state index contributed by atoms with van der Waals surface area (Å²) in [5.41, 5.74) is 4.05. The summed E-state index contributed by atoms with van der Waals surface area (Å²) in [5, 5.41) is 10.3. The Morgan fingerprint density at radius 3 is 2.38 bits per heavy atom. The summed E-state index contributed by atoms with van der Waals surface area (Å²) in [6.45, 7) is 0. The SMILES string of the molecule is CN(C)c1ccc(C(=O)Cc2ccc(-c3nc4ccc(F)cc4n3O)cc2)cc1. The van der Waals surface area contributed by atoms with E-state index in [4.69, 9.17) is 0 Å². The van der Waals surface area contributed by atoms with Gasteiger partial charge >= 0.3 is 0 Å². The molecule has 0 fully saturated rings. The van der Waals surface area contributed by atoms with Crippen LogP contribution in [0, 0.1) is 5.82 Å². The van der Waals surface area contributed by atoms with Gasteiger partial charge in [0.2, 0.25) is 0 Å². The van der Waals surface area contributed by atoms with Crippen molar-refractivity contribution in [3.8, 4) is 11.4 Å². The highest BCUT2D eigenvalue weighted by atomic mass is 19.1. The number of hydrogen-bond donors (Lipinski definition) is 1. The molecule has 3 aromatic carbocycles. The molecular weight excluding hydrogens is 369 g/mol. The second kappa shape index (κ2) is 7.39. The molecule has 0 aliphatic heterocycles. The number of anilines is 1. The van der Waals surface area contributed by atoms with Crippen LogP contribution in [0.1, 0.15) is 15.9 Å². The number of ketones is 1. The number of aromatic nitrogens is 2. The Morgan fingerprint density at radius 2 is 1.72 bits per heavy atom. The standard InChI is InChI=1S/C23H20FN3O2/c1-26(2)19-10-7-16(8-11-19)22(28)13-15-3-5-17(6-4-15)23-25-20-12-9-18(24)14-21(20)27(23)29/h3-12,14,29H,13H2,1-2H3. The lowest BCUT2D eigenvalue weighted by molar-refractivity contribution is 0.0993. The number of imidazole rings is 1. The molecule has 0 saturated carbocycles. The number of Topliss-reactive ketones (excluding diaryl/α,β-unsaturated/α-hetero) is 1. The first kappa shape index (κ1) is 18.7. The van der Waals surface area contributed by atoms with Crippen molar-refractivity contribution in [3.63, 3.8) is 0 Å². The normalized spacial score (nSPS) is 11.0. The zero-order valence-corrected chi connectivity index (χ0v) is 16.1. The number of carbonyl (C=O) groups is 1. The van der Waals surface area contributed by atoms with Crippen molar-refractivity contribution >= 4 is 22.5 Å². The summed E-state index contributed by atoms with van der Waals surface area (Å²) in [7, 11) is 3.91. The van der Waals surface area contributed by atoms with Gasteiger partial charge in [-0.3, -0.25) is 4.79 Å². The zero-order valence-electron chi connectivity index (χ0n) is 16.1. The van der Waals surface area contributed by atoms with E-state index in [-0.39, 0.29) is 12.2 Å². The van der Waals surface area contributed by atoms with E-state index in [0.717, 1.165) is 16.0 Å². The third-order valence-corrected chi connectivity index (χ3v) is 4.88. The summed E-state index contributed by atoms with van der Waals surface area (Å²) >= 11 is 0. The van der Waals surface area contributed by atoms with Crippen LogP contribution in [0.3, 0.4) is 0 Å². The molecule has 1 aromatic heterocycles. The van der Waals surface area contributed by atoms with E-state index in [0.29, 0.717) is 28.0 Å². The average molecular weight is 389 g/mol. The predicted molar refractivity (Wildman–Crippen MR) is 111 cm³/mol. The molecule has 0 spiro atoms. The molecule has 0 atom stereocenters. The first-order valence-electron chi connectivity index (χ1n) is 9.19. The number of carbonyl (C=O) groups excluding carboxylic acids is 1. The van der Waals surface area contributed by atoms with Crippen LogP contribution in [0.4, 0.5) is 10.1 Å². The highest BCUT2D eigenvalue weighted by Crippen LogP contribution is 2.24. The van der Waals surface area contributed by atoms with E-state index < -0.39 is 5.82 Å². The molecule has 1 heterocycles. The van der Waals surface area contributed by atoms with Gasteiger partial charge in [0, 0.05) is 43.4 Å². The molecular formula is C23H20FN3O2. The summed E-state index contributed by atoms with van der Waals surface area (Å²) in [6.07, 6.45) is 0.280. The van der Waals surface area contributed by atoms with Crippen molar-refractivity contribution in [2.45, 2.75) is 6.42 Å². The fourth-order valence-corrected chi connectivity index (χ4v) is 3.23. The average Bonchev–Trinajstić information content (AvgIpc) is 3.04. The molecule has 0 amide bonds. The lowest BCUT2D eigenvalue weighted by Gasteiger charge is -2.12. The molecule has 0 saturated heterocycles. The topological polar surface area (TPSA) is 58.4 Å². The Bertz CT molecular complexity index is 1180. The van der Waals surface area contributed by atoms with Crippen molar-refractivity contribution in [1.82, 2.24) is 9.71 Å². The molecule has 6 heteroatoms. The smallest absolute Gasteiger partial charge is 0.176 e. The third-order valence-electron chi connectivity index (χ3n) is 4.88. The van der Waals surface area contributed by atoms with Gasteiger partial charge in [0.1, 0.15) is 11.3 Å². The second-order valence-electron chi connectivity index (χ2n) is 7.12. The Morgan fingerprint density at radius 1 is 1.03 bits per heavy atom. The first-order valence-corrected chi connectivity index (χ1v) is 9.19. The van der Waals surface area contributed by atoms with Crippen LogP contribution in [0.25, 0.3) is 22.4 Å². The molecule has 5 nitrogen and oxygen atoms in total. The number of halogens is 1. The summed E-state index contributed by atoms with van der Waals surface area (Å²) in [6, 6.07) is 18.8. The highest BCUT2D eigenvalue weighted by Gasteiger charge is 2.13. The lowest BCUT2D eigenvalue weighted by atomic mass is 10.0. The fraction of sp³-hybridized carbons (Fsp3) is 0.130. The van der Waals surface area contributed by atoms with Crippen LogP contribution in [0.5, 0.6) is 0 Å². The minimum Gasteiger partial charge on any atom is -0.426 e. The fourth-order valence-electron chi connectivity index (χ4n) is 3.23. The molecule has 0 aliphatic carbocycles. The van der Waals surface area contributed by atoms with Gasteiger partial charge in [0.25, 0.3) is 0 Å². The first-order chi connectivity index (χ1) is 13.9.